The number of hydrogen-bond donors (Lipinski definition) is 2. The summed E-state index contributed by atoms with van der Waals surface area (Å²) < 4.78 is 41.0. The van der Waals surface area contributed by atoms with Gasteiger partial charge >= 0.3 is 0 Å². The van der Waals surface area contributed by atoms with E-state index >= 15 is 0 Å². The zero-order valence-corrected chi connectivity index (χ0v) is 23.6. The van der Waals surface area contributed by atoms with Gasteiger partial charge in [0.05, 0.1) is 11.9 Å². The SMILES string of the molecule is CCn1ncc(-c2cc(C(F)F)nc3sc(C(N)=O)c(NC(=O)c4ccc(COc5c(C)cccc5C)o4)c23)c1C. The van der Waals surface area contributed by atoms with E-state index in [1.165, 1.54) is 12.1 Å². The molecule has 1 aromatic carbocycles. The Morgan fingerprint density at radius 1 is 1.15 bits per heavy atom. The smallest absolute Gasteiger partial charge is 0.291 e. The molecule has 41 heavy (non-hydrogen) atoms. The highest BCUT2D eigenvalue weighted by Crippen LogP contribution is 2.43. The van der Waals surface area contributed by atoms with Crippen LogP contribution in [0.1, 0.15) is 61.9 Å². The molecule has 4 aromatic heterocycles. The number of carbonyl (C=O) groups is 2. The Morgan fingerprint density at radius 3 is 2.51 bits per heavy atom. The second-order valence-electron chi connectivity index (χ2n) is 9.44. The molecule has 9 nitrogen and oxygen atoms in total. The molecule has 0 atom stereocenters. The van der Waals surface area contributed by atoms with E-state index < -0.39 is 23.9 Å². The van der Waals surface area contributed by atoms with Crippen molar-refractivity contribution in [3.63, 3.8) is 0 Å². The number of furan rings is 1. The van der Waals surface area contributed by atoms with Gasteiger partial charge in [-0.2, -0.15) is 5.10 Å². The topological polar surface area (TPSA) is 125 Å². The van der Waals surface area contributed by atoms with Crippen LogP contribution in [-0.4, -0.2) is 26.6 Å². The number of anilines is 1. The van der Waals surface area contributed by atoms with Crippen LogP contribution in [0.2, 0.25) is 0 Å². The zero-order valence-electron chi connectivity index (χ0n) is 22.7. The Kier molecular flexibility index (Phi) is 7.59. The van der Waals surface area contributed by atoms with E-state index in [0.29, 0.717) is 28.8 Å². The second kappa shape index (κ2) is 11.1. The van der Waals surface area contributed by atoms with Crippen LogP contribution < -0.4 is 15.8 Å². The monoisotopic (exact) mass is 579 g/mol. The van der Waals surface area contributed by atoms with Gasteiger partial charge in [0.2, 0.25) is 0 Å². The number of halogens is 2. The summed E-state index contributed by atoms with van der Waals surface area (Å²) in [6, 6.07) is 10.2. The molecule has 0 bridgehead atoms. The quantitative estimate of drug-likeness (QED) is 0.204. The fourth-order valence-corrected chi connectivity index (χ4v) is 5.70. The van der Waals surface area contributed by atoms with Crippen molar-refractivity contribution in [2.24, 2.45) is 5.73 Å². The third kappa shape index (κ3) is 5.30. The van der Waals surface area contributed by atoms with E-state index in [-0.39, 0.29) is 27.8 Å². The predicted octanol–water partition coefficient (Wildman–Crippen LogP) is 6.57. The molecule has 0 fully saturated rings. The van der Waals surface area contributed by atoms with Gasteiger partial charge in [-0.1, -0.05) is 18.2 Å². The van der Waals surface area contributed by atoms with Gasteiger partial charge in [0.1, 0.15) is 33.5 Å². The summed E-state index contributed by atoms with van der Waals surface area (Å²) in [7, 11) is 0. The standard InChI is InChI=1S/C29H27F2N5O4S/c1-5-36-16(4)19(12-33-36)18-11-20(26(30)31)34-29-22(18)23(25(41-29)27(32)37)35-28(38)21-10-9-17(40-21)13-39-24-14(2)7-6-8-15(24)3/h6-12,26H,5,13H2,1-4H3,(H2,32,37)(H,35,38). The molecule has 5 rings (SSSR count). The maximum absolute atomic E-state index is 13.8. The number of hydrogen-bond acceptors (Lipinski definition) is 7. The van der Waals surface area contributed by atoms with Crippen molar-refractivity contribution in [3.8, 4) is 16.9 Å². The number of rotatable bonds is 9. The lowest BCUT2D eigenvalue weighted by Gasteiger charge is -2.11. The number of alkyl halides is 2. The Balaban J connectivity index is 1.52. The van der Waals surface area contributed by atoms with Crippen molar-refractivity contribution in [1.29, 1.82) is 0 Å². The van der Waals surface area contributed by atoms with Crippen LogP contribution in [0.3, 0.4) is 0 Å². The highest BCUT2D eigenvalue weighted by Gasteiger charge is 2.27. The van der Waals surface area contributed by atoms with Gasteiger partial charge in [0, 0.05) is 23.2 Å². The summed E-state index contributed by atoms with van der Waals surface area (Å²) in [5, 5.41) is 7.36. The highest BCUT2D eigenvalue weighted by atomic mass is 32.1. The van der Waals surface area contributed by atoms with Gasteiger partial charge in [-0.05, 0) is 62.6 Å². The predicted molar refractivity (Wildman–Crippen MR) is 152 cm³/mol. The summed E-state index contributed by atoms with van der Waals surface area (Å²) in [6.45, 7) is 8.25. The number of thiophene rings is 1. The average Bonchev–Trinajstić information content (AvgIpc) is 3.65. The molecular formula is C29H27F2N5O4S. The average molecular weight is 580 g/mol. The first-order valence-electron chi connectivity index (χ1n) is 12.8. The number of fused-ring (bicyclic) bond motifs is 1. The molecule has 0 unspecified atom stereocenters. The van der Waals surface area contributed by atoms with E-state index in [1.807, 2.05) is 45.9 Å². The second-order valence-corrected chi connectivity index (χ2v) is 10.4. The number of pyridine rings is 1. The molecule has 0 spiro atoms. The largest absolute Gasteiger partial charge is 0.485 e. The fourth-order valence-electron chi connectivity index (χ4n) is 4.69. The number of primary amides is 1. The van der Waals surface area contributed by atoms with Crippen LogP contribution in [0.5, 0.6) is 5.75 Å². The van der Waals surface area contributed by atoms with Crippen molar-refractivity contribution in [3.05, 3.63) is 81.5 Å². The number of para-hydroxylation sites is 1. The Morgan fingerprint density at radius 2 is 1.88 bits per heavy atom. The van der Waals surface area contributed by atoms with Crippen LogP contribution in [-0.2, 0) is 13.2 Å². The minimum Gasteiger partial charge on any atom is -0.485 e. The Labute approximate surface area is 237 Å². The molecule has 0 saturated heterocycles. The van der Waals surface area contributed by atoms with Gasteiger partial charge in [0.25, 0.3) is 18.2 Å². The molecular weight excluding hydrogens is 552 g/mol. The first-order valence-corrected chi connectivity index (χ1v) is 13.6. The van der Waals surface area contributed by atoms with E-state index in [0.717, 1.165) is 33.9 Å². The number of nitrogens with two attached hydrogens (primary N) is 1. The summed E-state index contributed by atoms with van der Waals surface area (Å²) in [4.78, 5) is 29.9. The molecule has 212 valence electrons. The lowest BCUT2D eigenvalue weighted by molar-refractivity contribution is 0.0992. The van der Waals surface area contributed by atoms with Crippen LogP contribution in [0.25, 0.3) is 21.3 Å². The van der Waals surface area contributed by atoms with Crippen molar-refractivity contribution >= 4 is 39.1 Å². The number of carbonyl (C=O) groups excluding carboxylic acids is 2. The van der Waals surface area contributed by atoms with Crippen LogP contribution in [0.4, 0.5) is 14.5 Å². The Hall–Kier alpha value is -4.58. The number of nitrogens with one attached hydrogen (secondary N) is 1. The Bertz CT molecular complexity index is 1770. The molecule has 0 aliphatic rings. The zero-order chi connectivity index (χ0) is 29.4. The van der Waals surface area contributed by atoms with E-state index in [1.54, 1.807) is 16.9 Å². The number of nitrogens with zero attached hydrogens (tertiary/aromatic N) is 3. The number of benzene rings is 1. The summed E-state index contributed by atoms with van der Waals surface area (Å²) >= 11 is 0.830. The van der Waals surface area contributed by atoms with Gasteiger partial charge in [-0.3, -0.25) is 14.3 Å². The number of ether oxygens (including phenoxy) is 1. The van der Waals surface area contributed by atoms with Crippen LogP contribution in [0, 0.1) is 20.8 Å². The van der Waals surface area contributed by atoms with Crippen molar-refractivity contribution < 1.29 is 27.5 Å². The summed E-state index contributed by atoms with van der Waals surface area (Å²) in [6.07, 6.45) is -1.30. The summed E-state index contributed by atoms with van der Waals surface area (Å²) in [5.74, 6) is -0.384. The number of aromatic nitrogens is 3. The molecule has 2 amide bonds. The van der Waals surface area contributed by atoms with Gasteiger partial charge in [-0.25, -0.2) is 13.8 Å². The summed E-state index contributed by atoms with van der Waals surface area (Å²) in [5.41, 5.74) is 8.83. The van der Waals surface area contributed by atoms with Crippen molar-refractivity contribution in [1.82, 2.24) is 14.8 Å². The van der Waals surface area contributed by atoms with Crippen molar-refractivity contribution in [2.75, 3.05) is 5.32 Å². The highest BCUT2D eigenvalue weighted by molar-refractivity contribution is 7.21. The third-order valence-corrected chi connectivity index (χ3v) is 7.81. The van der Waals surface area contributed by atoms with Gasteiger partial charge in [-0.15, -0.1) is 11.3 Å². The van der Waals surface area contributed by atoms with Gasteiger partial charge < -0.3 is 20.2 Å². The molecule has 0 radical (unpaired) electrons. The third-order valence-electron chi connectivity index (χ3n) is 6.71. The van der Waals surface area contributed by atoms with E-state index in [4.69, 9.17) is 14.9 Å². The molecule has 0 aliphatic heterocycles. The normalized spacial score (nSPS) is 11.4. The molecule has 0 saturated carbocycles. The van der Waals surface area contributed by atoms with E-state index in [2.05, 4.69) is 15.4 Å². The fraction of sp³-hybridized carbons (Fsp3) is 0.241. The molecule has 5 aromatic rings. The lowest BCUT2D eigenvalue weighted by Crippen LogP contribution is -2.16. The van der Waals surface area contributed by atoms with Crippen LogP contribution >= 0.6 is 11.3 Å². The first-order chi connectivity index (χ1) is 19.6. The molecule has 12 heteroatoms. The maximum atomic E-state index is 13.8. The minimum atomic E-state index is -2.86. The maximum Gasteiger partial charge on any atom is 0.291 e. The molecule has 3 N–H and O–H groups in total. The minimum absolute atomic E-state index is 0.0285. The number of amides is 2. The van der Waals surface area contributed by atoms with E-state index in [9.17, 15) is 18.4 Å². The number of aryl methyl sites for hydroxylation is 3. The van der Waals surface area contributed by atoms with Crippen molar-refractivity contribution in [2.45, 2.75) is 47.3 Å². The lowest BCUT2D eigenvalue weighted by atomic mass is 10.0. The van der Waals surface area contributed by atoms with Crippen LogP contribution in [0.15, 0.2) is 47.0 Å². The molecule has 0 aliphatic carbocycles. The van der Waals surface area contributed by atoms with Gasteiger partial charge in [0.15, 0.2) is 5.76 Å². The molecule has 4 heterocycles. The first kappa shape index (κ1) is 28.0.